The summed E-state index contributed by atoms with van der Waals surface area (Å²) in [4.78, 5) is 13.3. The lowest BCUT2D eigenvalue weighted by Crippen LogP contribution is -2.38. The minimum Gasteiger partial charge on any atom is -0.335 e. The second-order valence-corrected chi connectivity index (χ2v) is 6.79. The van der Waals surface area contributed by atoms with Gasteiger partial charge in [-0.25, -0.2) is 4.79 Å². The van der Waals surface area contributed by atoms with Crippen molar-refractivity contribution in [2.45, 2.75) is 51.1 Å². The van der Waals surface area contributed by atoms with Crippen LogP contribution >= 0.6 is 11.3 Å². The first-order valence-electron chi connectivity index (χ1n) is 7.61. The normalized spacial score (nSPS) is 18.6. The molecule has 1 saturated carbocycles. The van der Waals surface area contributed by atoms with Crippen molar-refractivity contribution in [1.82, 2.24) is 10.6 Å². The molecule has 0 aromatic carbocycles. The van der Waals surface area contributed by atoms with Crippen LogP contribution < -0.4 is 16.0 Å². The number of anilines is 1. The third kappa shape index (κ3) is 3.20. The van der Waals surface area contributed by atoms with Gasteiger partial charge in [0.05, 0.1) is 5.56 Å². The van der Waals surface area contributed by atoms with E-state index in [1.54, 1.807) is 0 Å². The Morgan fingerprint density at radius 1 is 1.33 bits per heavy atom. The van der Waals surface area contributed by atoms with Crippen molar-refractivity contribution in [2.75, 3.05) is 11.9 Å². The lowest BCUT2D eigenvalue weighted by molar-refractivity contribution is 0.244. The molecule has 21 heavy (non-hydrogen) atoms. The molecule has 0 atom stereocenters. The molecule has 0 saturated heterocycles. The third-order valence-corrected chi connectivity index (χ3v) is 5.35. The lowest BCUT2D eigenvalue weighted by atomic mass is 9.96. The molecule has 2 amide bonds. The van der Waals surface area contributed by atoms with Gasteiger partial charge in [0.25, 0.3) is 0 Å². The highest BCUT2D eigenvalue weighted by Gasteiger charge is 2.22. The molecule has 112 valence electrons. The van der Waals surface area contributed by atoms with Gasteiger partial charge < -0.3 is 10.6 Å². The molecule has 3 N–H and O–H groups in total. The number of thiophene rings is 1. The third-order valence-electron chi connectivity index (χ3n) is 4.21. The number of nitriles is 1. The van der Waals surface area contributed by atoms with Crippen LogP contribution in [0.25, 0.3) is 0 Å². The number of nitrogens with zero attached hydrogens (tertiary/aromatic N) is 1. The number of amides is 2. The van der Waals surface area contributed by atoms with Crippen LogP contribution in [0.1, 0.15) is 48.1 Å². The van der Waals surface area contributed by atoms with Gasteiger partial charge in [-0.15, -0.1) is 11.3 Å². The zero-order valence-electron chi connectivity index (χ0n) is 12.0. The number of nitrogens with one attached hydrogen (secondary N) is 3. The largest absolute Gasteiger partial charge is 0.335 e. The molecule has 2 aliphatic rings. The monoisotopic (exact) mass is 304 g/mol. The van der Waals surface area contributed by atoms with Crippen molar-refractivity contribution in [3.8, 4) is 6.07 Å². The van der Waals surface area contributed by atoms with Gasteiger partial charge in [-0.2, -0.15) is 5.26 Å². The molecule has 0 radical (unpaired) electrons. The van der Waals surface area contributed by atoms with E-state index in [4.69, 9.17) is 0 Å². The maximum atomic E-state index is 12.1. The summed E-state index contributed by atoms with van der Waals surface area (Å²) in [5, 5.41) is 19.3. The summed E-state index contributed by atoms with van der Waals surface area (Å²) in [6, 6.07) is 2.36. The Balaban J connectivity index is 1.68. The van der Waals surface area contributed by atoms with Crippen molar-refractivity contribution < 1.29 is 4.79 Å². The fourth-order valence-corrected chi connectivity index (χ4v) is 4.28. The van der Waals surface area contributed by atoms with Crippen molar-refractivity contribution in [3.05, 3.63) is 16.0 Å². The number of carbonyl (C=O) groups excluding carboxylic acids is 1. The standard InChI is InChI=1S/C15H20N4OS/c16-8-12-11-6-7-17-9-13(11)21-14(12)19-15(20)18-10-4-2-1-3-5-10/h10,17H,1-7,9H2,(H2,18,19,20). The average molecular weight is 304 g/mol. The zero-order chi connectivity index (χ0) is 14.7. The number of fused-ring (bicyclic) bond motifs is 1. The van der Waals surface area contributed by atoms with E-state index >= 15 is 0 Å². The van der Waals surface area contributed by atoms with E-state index in [2.05, 4.69) is 22.0 Å². The first kappa shape index (κ1) is 14.4. The summed E-state index contributed by atoms with van der Waals surface area (Å²) >= 11 is 1.52. The van der Waals surface area contributed by atoms with Crippen LogP contribution in [-0.2, 0) is 13.0 Å². The smallest absolute Gasteiger partial charge is 0.320 e. The van der Waals surface area contributed by atoms with E-state index in [0.29, 0.717) is 10.6 Å². The second kappa shape index (κ2) is 6.46. The van der Waals surface area contributed by atoms with E-state index in [-0.39, 0.29) is 12.1 Å². The molecule has 1 aromatic rings. The molecule has 1 fully saturated rings. The molecule has 2 heterocycles. The van der Waals surface area contributed by atoms with Crippen LogP contribution in [0.15, 0.2) is 0 Å². The van der Waals surface area contributed by atoms with E-state index in [9.17, 15) is 10.1 Å². The molecule has 1 aliphatic carbocycles. The Hall–Kier alpha value is -1.58. The lowest BCUT2D eigenvalue weighted by Gasteiger charge is -2.22. The van der Waals surface area contributed by atoms with E-state index in [1.165, 1.54) is 35.5 Å². The minimum atomic E-state index is -0.176. The predicted molar refractivity (Wildman–Crippen MR) is 83.5 cm³/mol. The molecular weight excluding hydrogens is 284 g/mol. The molecule has 0 spiro atoms. The van der Waals surface area contributed by atoms with Crippen LogP contribution in [0.2, 0.25) is 0 Å². The quantitative estimate of drug-likeness (QED) is 0.786. The number of rotatable bonds is 2. The minimum absolute atomic E-state index is 0.176. The van der Waals surface area contributed by atoms with Crippen molar-refractivity contribution in [1.29, 1.82) is 5.26 Å². The predicted octanol–water partition coefficient (Wildman–Crippen LogP) is 2.72. The second-order valence-electron chi connectivity index (χ2n) is 5.68. The van der Waals surface area contributed by atoms with Gasteiger partial charge in [-0.1, -0.05) is 19.3 Å². The van der Waals surface area contributed by atoms with Crippen LogP contribution in [0, 0.1) is 11.3 Å². The molecule has 5 nitrogen and oxygen atoms in total. The highest BCUT2D eigenvalue weighted by Crippen LogP contribution is 2.34. The molecule has 0 bridgehead atoms. The van der Waals surface area contributed by atoms with Gasteiger partial charge in [-0.05, 0) is 31.4 Å². The van der Waals surface area contributed by atoms with Gasteiger partial charge in [-0.3, -0.25) is 5.32 Å². The molecular formula is C15H20N4OS. The van der Waals surface area contributed by atoms with Crippen LogP contribution in [0.5, 0.6) is 0 Å². The maximum Gasteiger partial charge on any atom is 0.320 e. The zero-order valence-corrected chi connectivity index (χ0v) is 12.8. The Morgan fingerprint density at radius 2 is 2.14 bits per heavy atom. The summed E-state index contributed by atoms with van der Waals surface area (Å²) < 4.78 is 0. The van der Waals surface area contributed by atoms with Gasteiger partial charge >= 0.3 is 6.03 Å². The maximum absolute atomic E-state index is 12.1. The van der Waals surface area contributed by atoms with Crippen LogP contribution in [-0.4, -0.2) is 18.6 Å². The van der Waals surface area contributed by atoms with Crippen molar-refractivity contribution in [2.24, 2.45) is 0 Å². The SMILES string of the molecule is N#Cc1c(NC(=O)NC2CCCCC2)sc2c1CCNC2. The Kier molecular flexibility index (Phi) is 4.42. The summed E-state index contributed by atoms with van der Waals surface area (Å²) in [6.07, 6.45) is 6.62. The first-order valence-corrected chi connectivity index (χ1v) is 8.42. The first-order chi connectivity index (χ1) is 10.3. The number of carbonyl (C=O) groups is 1. The highest BCUT2D eigenvalue weighted by molar-refractivity contribution is 7.16. The summed E-state index contributed by atoms with van der Waals surface area (Å²) in [7, 11) is 0. The van der Waals surface area contributed by atoms with Gasteiger partial charge in [0.1, 0.15) is 11.1 Å². The summed E-state index contributed by atoms with van der Waals surface area (Å²) in [5.41, 5.74) is 1.75. The summed E-state index contributed by atoms with van der Waals surface area (Å²) in [5.74, 6) is 0. The fourth-order valence-electron chi connectivity index (χ4n) is 3.11. The topological polar surface area (TPSA) is 77.0 Å². The Labute approximate surface area is 128 Å². The average Bonchev–Trinajstić information content (AvgIpc) is 2.85. The summed E-state index contributed by atoms with van der Waals surface area (Å²) in [6.45, 7) is 1.69. The van der Waals surface area contributed by atoms with Gasteiger partial charge in [0.2, 0.25) is 0 Å². The highest BCUT2D eigenvalue weighted by atomic mass is 32.1. The van der Waals surface area contributed by atoms with Crippen molar-refractivity contribution >= 4 is 22.4 Å². The van der Waals surface area contributed by atoms with Crippen LogP contribution in [0.3, 0.4) is 0 Å². The fraction of sp³-hybridized carbons (Fsp3) is 0.600. The molecule has 1 aromatic heterocycles. The van der Waals surface area contributed by atoms with Gasteiger partial charge in [0.15, 0.2) is 0 Å². The molecule has 3 rings (SSSR count). The molecule has 6 heteroatoms. The van der Waals surface area contributed by atoms with E-state index in [1.807, 2.05) is 0 Å². The van der Waals surface area contributed by atoms with Crippen LogP contribution in [0.4, 0.5) is 9.80 Å². The van der Waals surface area contributed by atoms with E-state index in [0.717, 1.165) is 37.9 Å². The Morgan fingerprint density at radius 3 is 2.90 bits per heavy atom. The molecule has 0 unspecified atom stereocenters. The molecule has 1 aliphatic heterocycles. The van der Waals surface area contributed by atoms with Gasteiger partial charge in [0, 0.05) is 17.5 Å². The number of hydrogen-bond donors (Lipinski definition) is 3. The number of urea groups is 1. The number of hydrogen-bond acceptors (Lipinski definition) is 4. The van der Waals surface area contributed by atoms with E-state index < -0.39 is 0 Å². The Bertz CT molecular complexity index is 569. The van der Waals surface area contributed by atoms with Crippen molar-refractivity contribution in [3.63, 3.8) is 0 Å².